The molecule has 0 amide bonds. The summed E-state index contributed by atoms with van der Waals surface area (Å²) in [5.41, 5.74) is 0. The van der Waals surface area contributed by atoms with Gasteiger partial charge in [-0.1, -0.05) is 19.8 Å². The molecule has 3 nitrogen and oxygen atoms in total. The average Bonchev–Trinajstić information content (AvgIpc) is 1.89. The molecule has 0 rings (SSSR count). The summed E-state index contributed by atoms with van der Waals surface area (Å²) in [7, 11) is 0. The molecule has 10 heavy (non-hydrogen) atoms. The minimum atomic E-state index is -0.745. The second-order valence-electron chi connectivity index (χ2n) is 2.09. The maximum Gasteiger partial charge on any atom is 0.307 e. The summed E-state index contributed by atoms with van der Waals surface area (Å²) in [6, 6.07) is 0. The van der Waals surface area contributed by atoms with E-state index in [4.69, 9.17) is 0 Å². The van der Waals surface area contributed by atoms with Gasteiger partial charge < -0.3 is 4.74 Å². The summed E-state index contributed by atoms with van der Waals surface area (Å²) in [5.74, 6) is -0.372. The molecule has 0 atom stereocenters. The van der Waals surface area contributed by atoms with Crippen LogP contribution in [0.15, 0.2) is 0 Å². The minimum absolute atomic E-state index is 0.372. The number of carbonyl (C=O) groups is 1. The first-order chi connectivity index (χ1) is 4.81. The zero-order valence-corrected chi connectivity index (χ0v) is 6.26. The number of hydrogen-bond donors (Lipinski definition) is 0. The van der Waals surface area contributed by atoms with Gasteiger partial charge in [0.2, 0.25) is 6.79 Å². The van der Waals surface area contributed by atoms with Crippen molar-refractivity contribution in [3.8, 4) is 0 Å². The third-order valence-corrected chi connectivity index (χ3v) is 1.20. The molecule has 0 aliphatic carbocycles. The molecule has 0 aromatic heterocycles. The first kappa shape index (κ1) is 9.43. The van der Waals surface area contributed by atoms with E-state index in [-0.39, 0.29) is 5.97 Å². The summed E-state index contributed by atoms with van der Waals surface area (Å²) in [4.78, 5) is 10.5. The molecule has 0 aromatic rings. The van der Waals surface area contributed by atoms with E-state index in [1.807, 2.05) is 0 Å². The Morgan fingerprint density at radius 1 is 1.40 bits per heavy atom. The van der Waals surface area contributed by atoms with Gasteiger partial charge in [-0.15, -0.1) is 0 Å². The molecule has 0 saturated carbocycles. The molecule has 3 heteroatoms. The van der Waals surface area contributed by atoms with Crippen LogP contribution in [0.5, 0.6) is 0 Å². The number of hydrogen-bond acceptors (Lipinski definition) is 2. The van der Waals surface area contributed by atoms with Gasteiger partial charge in [-0.2, -0.15) is 5.11 Å². The lowest BCUT2D eigenvalue weighted by atomic mass is 10.2. The summed E-state index contributed by atoms with van der Waals surface area (Å²) < 4.78 is 4.19. The van der Waals surface area contributed by atoms with E-state index in [0.717, 1.165) is 19.3 Å². The lowest BCUT2D eigenvalue weighted by Crippen LogP contribution is -2.03. The molecule has 1 radical (unpaired) electrons. The Bertz CT molecular complexity index is 90.9. The Balaban J connectivity index is 3.05. The normalized spacial score (nSPS) is 9.40. The van der Waals surface area contributed by atoms with Gasteiger partial charge in [-0.3, -0.25) is 4.79 Å². The van der Waals surface area contributed by atoms with Crippen molar-refractivity contribution >= 4 is 5.97 Å². The second-order valence-corrected chi connectivity index (χ2v) is 2.09. The zero-order chi connectivity index (χ0) is 7.82. The zero-order valence-electron chi connectivity index (χ0n) is 6.26. The summed E-state index contributed by atoms with van der Waals surface area (Å²) in [6.07, 6.45) is 3.31. The number of carbonyl (C=O) groups excluding carboxylic acids is 1. The topological polar surface area (TPSA) is 46.2 Å². The van der Waals surface area contributed by atoms with Crippen molar-refractivity contribution in [1.29, 1.82) is 0 Å². The molecular weight excluding hydrogens is 132 g/mol. The summed E-state index contributed by atoms with van der Waals surface area (Å²) >= 11 is 0. The minimum Gasteiger partial charge on any atom is -0.436 e. The Kier molecular flexibility index (Phi) is 6.18. The highest BCUT2D eigenvalue weighted by Gasteiger charge is 1.99. The second kappa shape index (κ2) is 6.55. The molecule has 0 bridgehead atoms. The molecule has 0 fully saturated rings. The highest BCUT2D eigenvalue weighted by molar-refractivity contribution is 5.69. The van der Waals surface area contributed by atoms with Crippen molar-refractivity contribution < 1.29 is 14.6 Å². The molecule has 0 heterocycles. The van der Waals surface area contributed by atoms with Crippen LogP contribution in [0.25, 0.3) is 0 Å². The van der Waals surface area contributed by atoms with Gasteiger partial charge in [0.1, 0.15) is 0 Å². The van der Waals surface area contributed by atoms with E-state index in [9.17, 15) is 9.90 Å². The van der Waals surface area contributed by atoms with Crippen LogP contribution in [0, 0.1) is 0 Å². The van der Waals surface area contributed by atoms with Gasteiger partial charge in [0.15, 0.2) is 0 Å². The quantitative estimate of drug-likeness (QED) is 0.334. The van der Waals surface area contributed by atoms with Crippen LogP contribution >= 0.6 is 0 Å². The Hall–Kier alpha value is -0.570. The van der Waals surface area contributed by atoms with Crippen LogP contribution in [0.3, 0.4) is 0 Å². The van der Waals surface area contributed by atoms with E-state index in [0.29, 0.717) is 6.42 Å². The average molecular weight is 145 g/mol. The first-order valence-electron chi connectivity index (χ1n) is 3.55. The van der Waals surface area contributed by atoms with Gasteiger partial charge in [-0.05, 0) is 6.42 Å². The van der Waals surface area contributed by atoms with E-state index >= 15 is 0 Å². The maximum atomic E-state index is 10.5. The number of unbranched alkanes of at least 4 members (excludes halogenated alkanes) is 2. The third kappa shape index (κ3) is 5.56. The largest absolute Gasteiger partial charge is 0.436 e. The SMILES string of the molecule is CCCCCC(=O)OC[O]. The van der Waals surface area contributed by atoms with Crippen molar-refractivity contribution in [3.63, 3.8) is 0 Å². The van der Waals surface area contributed by atoms with Crippen LogP contribution in [0.4, 0.5) is 0 Å². The van der Waals surface area contributed by atoms with Crippen LogP contribution in [-0.2, 0) is 14.6 Å². The fraction of sp³-hybridized carbons (Fsp3) is 0.857. The van der Waals surface area contributed by atoms with Crippen molar-refractivity contribution in [3.05, 3.63) is 0 Å². The predicted octanol–water partition coefficient (Wildman–Crippen LogP) is 1.50. The highest BCUT2D eigenvalue weighted by Crippen LogP contribution is 1.99. The van der Waals surface area contributed by atoms with E-state index in [1.54, 1.807) is 0 Å². The number of rotatable bonds is 5. The Labute approximate surface area is 61.0 Å². The molecule has 0 unspecified atom stereocenters. The standard InChI is InChI=1S/C7H13O3/c1-2-3-4-5-7(9)10-6-8/h2-6H2,1H3. The summed E-state index contributed by atoms with van der Waals surface area (Å²) in [6.45, 7) is 1.31. The number of esters is 1. The number of ether oxygens (including phenoxy) is 1. The van der Waals surface area contributed by atoms with Crippen LogP contribution in [0.1, 0.15) is 32.6 Å². The van der Waals surface area contributed by atoms with E-state index in [2.05, 4.69) is 11.7 Å². The van der Waals surface area contributed by atoms with Gasteiger partial charge >= 0.3 is 5.97 Å². The van der Waals surface area contributed by atoms with Crippen molar-refractivity contribution in [2.45, 2.75) is 32.6 Å². The van der Waals surface area contributed by atoms with Crippen molar-refractivity contribution in [2.24, 2.45) is 0 Å². The predicted molar refractivity (Wildman–Crippen MR) is 35.8 cm³/mol. The van der Waals surface area contributed by atoms with Crippen LogP contribution in [-0.4, -0.2) is 12.8 Å². The maximum absolute atomic E-state index is 10.5. The van der Waals surface area contributed by atoms with Crippen LogP contribution in [0.2, 0.25) is 0 Å². The molecule has 0 N–H and O–H groups in total. The fourth-order valence-electron chi connectivity index (χ4n) is 0.657. The molecule has 0 spiro atoms. The summed E-state index contributed by atoms with van der Waals surface area (Å²) in [5, 5.41) is 9.73. The molecule has 59 valence electrons. The lowest BCUT2D eigenvalue weighted by Gasteiger charge is -1.97. The van der Waals surface area contributed by atoms with Crippen molar-refractivity contribution in [1.82, 2.24) is 0 Å². The lowest BCUT2D eigenvalue weighted by molar-refractivity contribution is -0.156. The Morgan fingerprint density at radius 2 is 2.10 bits per heavy atom. The molecule has 0 aromatic carbocycles. The molecule has 0 saturated heterocycles. The van der Waals surface area contributed by atoms with Gasteiger partial charge in [0.05, 0.1) is 0 Å². The van der Waals surface area contributed by atoms with E-state index in [1.165, 1.54) is 0 Å². The van der Waals surface area contributed by atoms with Crippen molar-refractivity contribution in [2.75, 3.05) is 6.79 Å². The van der Waals surface area contributed by atoms with Gasteiger partial charge in [-0.25, -0.2) is 0 Å². The van der Waals surface area contributed by atoms with Gasteiger partial charge in [0, 0.05) is 6.42 Å². The third-order valence-electron chi connectivity index (χ3n) is 1.20. The smallest absolute Gasteiger partial charge is 0.307 e. The highest BCUT2D eigenvalue weighted by atomic mass is 16.6. The molecular formula is C7H13O3. The molecule has 0 aliphatic heterocycles. The van der Waals surface area contributed by atoms with Crippen LogP contribution < -0.4 is 0 Å². The molecule has 0 aliphatic rings. The fourth-order valence-corrected chi connectivity index (χ4v) is 0.657. The van der Waals surface area contributed by atoms with E-state index < -0.39 is 6.79 Å². The van der Waals surface area contributed by atoms with Gasteiger partial charge in [0.25, 0.3) is 0 Å². The first-order valence-corrected chi connectivity index (χ1v) is 3.55. The monoisotopic (exact) mass is 145 g/mol. The Morgan fingerprint density at radius 3 is 2.60 bits per heavy atom.